The number of benzene rings is 1. The normalized spacial score (nSPS) is 10.3. The summed E-state index contributed by atoms with van der Waals surface area (Å²) in [4.78, 5) is 11.1. The lowest BCUT2D eigenvalue weighted by molar-refractivity contribution is -0.118. The van der Waals surface area contributed by atoms with Crippen LogP contribution in [-0.2, 0) is 10.5 Å². The highest BCUT2D eigenvalue weighted by atomic mass is 32.2. The molecule has 16 heavy (non-hydrogen) atoms. The Labute approximate surface area is 103 Å². The number of carbonyl (C=O) groups excluding carboxylic acids is 1. The first-order chi connectivity index (χ1) is 7.83. The summed E-state index contributed by atoms with van der Waals surface area (Å²) in [6.07, 6.45) is 3.66. The average molecular weight is 236 g/mol. The highest BCUT2D eigenvalue weighted by Gasteiger charge is 1.98. The van der Waals surface area contributed by atoms with Crippen LogP contribution in [0.3, 0.4) is 0 Å². The average Bonchev–Trinajstić information content (AvgIpc) is 2.34. The predicted octanol–water partition coefficient (Wildman–Crippen LogP) is 4.07. The number of thioether (sulfide) groups is 1. The number of rotatable bonds is 8. The quantitative estimate of drug-likeness (QED) is 0.633. The van der Waals surface area contributed by atoms with Gasteiger partial charge in [-0.2, -0.15) is 11.8 Å². The molecule has 0 aromatic heterocycles. The van der Waals surface area contributed by atoms with Crippen molar-refractivity contribution in [2.75, 3.05) is 5.75 Å². The van der Waals surface area contributed by atoms with Crippen LogP contribution in [0.4, 0.5) is 0 Å². The fraction of sp³-hybridized carbons (Fsp3) is 0.500. The van der Waals surface area contributed by atoms with E-state index in [0.29, 0.717) is 12.2 Å². The Hall–Kier alpha value is -0.760. The van der Waals surface area contributed by atoms with Crippen molar-refractivity contribution in [2.45, 2.75) is 38.4 Å². The van der Waals surface area contributed by atoms with Gasteiger partial charge in [-0.3, -0.25) is 4.79 Å². The summed E-state index contributed by atoms with van der Waals surface area (Å²) in [6.45, 7) is 1.94. The molecule has 1 aromatic carbocycles. The van der Waals surface area contributed by atoms with E-state index in [9.17, 15) is 4.79 Å². The Bertz CT molecular complexity index is 295. The van der Waals surface area contributed by atoms with Crippen molar-refractivity contribution in [3.05, 3.63) is 35.9 Å². The highest BCUT2D eigenvalue weighted by molar-refractivity contribution is 7.98. The summed E-state index contributed by atoms with van der Waals surface area (Å²) in [6, 6.07) is 10.5. The number of ketones is 1. The summed E-state index contributed by atoms with van der Waals surface area (Å²) < 4.78 is 0. The molecule has 0 saturated carbocycles. The van der Waals surface area contributed by atoms with Gasteiger partial charge in [-0.1, -0.05) is 37.3 Å². The Balaban J connectivity index is 1.98. The van der Waals surface area contributed by atoms with Crippen LogP contribution in [0, 0.1) is 0 Å². The van der Waals surface area contributed by atoms with E-state index >= 15 is 0 Å². The van der Waals surface area contributed by atoms with Crippen molar-refractivity contribution < 1.29 is 4.79 Å². The van der Waals surface area contributed by atoms with Crippen LogP contribution in [-0.4, -0.2) is 11.5 Å². The topological polar surface area (TPSA) is 17.1 Å². The minimum absolute atomic E-state index is 0.396. The Morgan fingerprint density at radius 2 is 1.94 bits per heavy atom. The molecule has 0 spiro atoms. The van der Waals surface area contributed by atoms with Gasteiger partial charge in [-0.25, -0.2) is 0 Å². The summed E-state index contributed by atoms with van der Waals surface area (Å²) in [5, 5.41) is 0. The van der Waals surface area contributed by atoms with E-state index in [1.165, 1.54) is 5.56 Å². The first-order valence-corrected chi connectivity index (χ1v) is 7.11. The van der Waals surface area contributed by atoms with Crippen LogP contribution >= 0.6 is 11.8 Å². The molecular weight excluding hydrogens is 216 g/mol. The van der Waals surface area contributed by atoms with Crippen LogP contribution in [0.1, 0.15) is 38.2 Å². The second-order valence-corrected chi connectivity index (χ2v) is 4.99. The van der Waals surface area contributed by atoms with E-state index in [1.54, 1.807) is 0 Å². The molecule has 0 aliphatic carbocycles. The van der Waals surface area contributed by atoms with E-state index in [1.807, 2.05) is 24.8 Å². The molecule has 0 fully saturated rings. The fourth-order valence-electron chi connectivity index (χ4n) is 1.47. The molecule has 0 bridgehead atoms. The van der Waals surface area contributed by atoms with Crippen molar-refractivity contribution in [3.63, 3.8) is 0 Å². The van der Waals surface area contributed by atoms with Gasteiger partial charge in [-0.05, 0) is 24.2 Å². The molecule has 0 saturated heterocycles. The first kappa shape index (κ1) is 13.3. The van der Waals surface area contributed by atoms with Gasteiger partial charge >= 0.3 is 0 Å². The third-order valence-corrected chi connectivity index (χ3v) is 3.61. The zero-order valence-electron chi connectivity index (χ0n) is 9.95. The van der Waals surface area contributed by atoms with E-state index in [0.717, 1.165) is 30.8 Å². The molecule has 0 N–H and O–H groups in total. The largest absolute Gasteiger partial charge is 0.300 e. The summed E-state index contributed by atoms with van der Waals surface area (Å²) in [5.74, 6) is 2.64. The van der Waals surface area contributed by atoms with Crippen LogP contribution in [0.15, 0.2) is 30.3 Å². The molecule has 1 nitrogen and oxygen atoms in total. The smallest absolute Gasteiger partial charge is 0.132 e. The second kappa shape index (κ2) is 8.40. The van der Waals surface area contributed by atoms with E-state index in [4.69, 9.17) is 0 Å². The van der Waals surface area contributed by atoms with Gasteiger partial charge in [-0.15, -0.1) is 0 Å². The van der Waals surface area contributed by atoms with Crippen LogP contribution in [0.2, 0.25) is 0 Å². The predicted molar refractivity (Wildman–Crippen MR) is 71.8 cm³/mol. The molecule has 0 atom stereocenters. The maximum absolute atomic E-state index is 11.1. The molecule has 1 rings (SSSR count). The van der Waals surface area contributed by atoms with Crippen LogP contribution in [0.5, 0.6) is 0 Å². The summed E-state index contributed by atoms with van der Waals surface area (Å²) in [7, 11) is 0. The van der Waals surface area contributed by atoms with Gasteiger partial charge in [0.25, 0.3) is 0 Å². The highest BCUT2D eigenvalue weighted by Crippen LogP contribution is 2.14. The van der Waals surface area contributed by atoms with E-state index in [2.05, 4.69) is 24.3 Å². The standard InChI is InChI=1S/C14H20OS/c1-2-14(15)10-6-7-11-16-12-13-8-4-3-5-9-13/h3-5,8-9H,2,6-7,10-12H2,1H3. The molecule has 0 amide bonds. The number of Topliss-reactive ketones (excluding diaryl/α,β-unsaturated/α-hetero) is 1. The number of hydrogen-bond acceptors (Lipinski definition) is 2. The van der Waals surface area contributed by atoms with Crippen molar-refractivity contribution in [3.8, 4) is 0 Å². The maximum atomic E-state index is 11.1. The van der Waals surface area contributed by atoms with Gasteiger partial charge in [0.2, 0.25) is 0 Å². The zero-order chi connectivity index (χ0) is 11.6. The van der Waals surface area contributed by atoms with Crippen molar-refractivity contribution in [1.82, 2.24) is 0 Å². The summed E-state index contributed by atoms with van der Waals surface area (Å²) >= 11 is 1.95. The zero-order valence-corrected chi connectivity index (χ0v) is 10.8. The first-order valence-electron chi connectivity index (χ1n) is 5.96. The maximum Gasteiger partial charge on any atom is 0.132 e. The molecule has 0 aliphatic rings. The number of hydrogen-bond donors (Lipinski definition) is 0. The third kappa shape index (κ3) is 5.96. The third-order valence-electron chi connectivity index (χ3n) is 2.50. The van der Waals surface area contributed by atoms with Crippen molar-refractivity contribution in [2.24, 2.45) is 0 Å². The molecule has 88 valence electrons. The van der Waals surface area contributed by atoms with Gasteiger partial charge in [0.15, 0.2) is 0 Å². The molecule has 0 radical (unpaired) electrons. The Morgan fingerprint density at radius 3 is 2.62 bits per heavy atom. The van der Waals surface area contributed by atoms with E-state index in [-0.39, 0.29) is 0 Å². The lowest BCUT2D eigenvalue weighted by atomic mass is 10.1. The fourth-order valence-corrected chi connectivity index (χ4v) is 2.45. The van der Waals surface area contributed by atoms with Crippen LogP contribution in [0.25, 0.3) is 0 Å². The summed E-state index contributed by atoms with van der Waals surface area (Å²) in [5.41, 5.74) is 1.39. The van der Waals surface area contributed by atoms with Crippen LogP contribution < -0.4 is 0 Å². The lowest BCUT2D eigenvalue weighted by Gasteiger charge is -2.01. The monoisotopic (exact) mass is 236 g/mol. The number of carbonyl (C=O) groups is 1. The van der Waals surface area contributed by atoms with Gasteiger partial charge in [0, 0.05) is 18.6 Å². The Kier molecular flexibility index (Phi) is 6.98. The lowest BCUT2D eigenvalue weighted by Crippen LogP contribution is -1.94. The van der Waals surface area contributed by atoms with Crippen molar-refractivity contribution >= 4 is 17.5 Å². The second-order valence-electron chi connectivity index (χ2n) is 3.89. The van der Waals surface area contributed by atoms with Gasteiger partial charge < -0.3 is 0 Å². The molecule has 0 heterocycles. The molecule has 0 unspecified atom stereocenters. The van der Waals surface area contributed by atoms with Gasteiger partial charge in [0.1, 0.15) is 5.78 Å². The molecule has 0 aliphatic heterocycles. The molecular formula is C14H20OS. The van der Waals surface area contributed by atoms with Gasteiger partial charge in [0.05, 0.1) is 0 Å². The minimum Gasteiger partial charge on any atom is -0.300 e. The minimum atomic E-state index is 0.396. The SMILES string of the molecule is CCC(=O)CCCCSCc1ccccc1. The number of unbranched alkanes of at least 4 members (excludes halogenated alkanes) is 1. The molecule has 2 heteroatoms. The Morgan fingerprint density at radius 1 is 1.19 bits per heavy atom. The molecule has 1 aromatic rings. The van der Waals surface area contributed by atoms with Crippen molar-refractivity contribution in [1.29, 1.82) is 0 Å². The van der Waals surface area contributed by atoms with E-state index < -0.39 is 0 Å².